The van der Waals surface area contributed by atoms with Crippen molar-refractivity contribution in [2.75, 3.05) is 45.8 Å². The van der Waals surface area contributed by atoms with E-state index in [4.69, 9.17) is 4.99 Å². The molecule has 2 unspecified atom stereocenters. The van der Waals surface area contributed by atoms with Gasteiger partial charge in [-0.1, -0.05) is 13.8 Å². The third-order valence-electron chi connectivity index (χ3n) is 5.60. The second-order valence-electron chi connectivity index (χ2n) is 8.06. The summed E-state index contributed by atoms with van der Waals surface area (Å²) in [6.07, 6.45) is 2.68. The lowest BCUT2D eigenvalue weighted by atomic mass is 9.99. The van der Waals surface area contributed by atoms with E-state index in [1.54, 1.807) is 0 Å². The molecule has 5 nitrogen and oxygen atoms in total. The first-order valence-electron chi connectivity index (χ1n) is 10.0. The van der Waals surface area contributed by atoms with Gasteiger partial charge >= 0.3 is 0 Å². The molecule has 6 heteroatoms. The molecule has 2 rings (SSSR count). The molecule has 0 saturated carbocycles. The summed E-state index contributed by atoms with van der Waals surface area (Å²) in [5.74, 6) is 2.56. The summed E-state index contributed by atoms with van der Waals surface area (Å²) < 4.78 is 0. The zero-order valence-corrected chi connectivity index (χ0v) is 19.3. The molecule has 0 bridgehead atoms. The number of piperidine rings is 1. The predicted molar refractivity (Wildman–Crippen MR) is 119 cm³/mol. The van der Waals surface area contributed by atoms with E-state index >= 15 is 0 Å². The fourth-order valence-corrected chi connectivity index (χ4v) is 3.70. The Morgan fingerprint density at radius 3 is 2.40 bits per heavy atom. The van der Waals surface area contributed by atoms with E-state index < -0.39 is 0 Å². The van der Waals surface area contributed by atoms with E-state index in [0.29, 0.717) is 18.0 Å². The minimum atomic E-state index is 0. The summed E-state index contributed by atoms with van der Waals surface area (Å²) in [5.41, 5.74) is 0. The van der Waals surface area contributed by atoms with E-state index in [9.17, 15) is 0 Å². The zero-order valence-electron chi connectivity index (χ0n) is 16.9. The van der Waals surface area contributed by atoms with Crippen molar-refractivity contribution in [1.82, 2.24) is 20.4 Å². The van der Waals surface area contributed by atoms with Gasteiger partial charge in [0.05, 0.1) is 6.54 Å². The highest BCUT2D eigenvalue weighted by atomic mass is 127. The van der Waals surface area contributed by atoms with E-state index in [1.807, 2.05) is 0 Å². The molecule has 2 fully saturated rings. The van der Waals surface area contributed by atoms with Crippen molar-refractivity contribution in [2.24, 2.45) is 16.8 Å². The summed E-state index contributed by atoms with van der Waals surface area (Å²) >= 11 is 0. The van der Waals surface area contributed by atoms with Crippen LogP contribution in [0.2, 0.25) is 0 Å². The number of likely N-dealkylation sites (tertiary alicyclic amines) is 2. The highest BCUT2D eigenvalue weighted by Gasteiger charge is 2.31. The van der Waals surface area contributed by atoms with Crippen LogP contribution in [0, 0.1) is 11.8 Å². The lowest BCUT2D eigenvalue weighted by Gasteiger charge is -2.29. The van der Waals surface area contributed by atoms with Gasteiger partial charge in [0, 0.05) is 38.3 Å². The Hall–Kier alpha value is -0.0800. The fraction of sp³-hybridized carbons (Fsp3) is 0.947. The van der Waals surface area contributed by atoms with Crippen LogP contribution in [0.15, 0.2) is 4.99 Å². The molecule has 2 heterocycles. The summed E-state index contributed by atoms with van der Waals surface area (Å²) in [6.45, 7) is 19.1. The van der Waals surface area contributed by atoms with Crippen LogP contribution in [-0.2, 0) is 0 Å². The number of halogens is 1. The van der Waals surface area contributed by atoms with Crippen molar-refractivity contribution in [3.8, 4) is 0 Å². The minimum absolute atomic E-state index is 0. The van der Waals surface area contributed by atoms with Crippen LogP contribution in [0.4, 0.5) is 0 Å². The lowest BCUT2D eigenvalue weighted by molar-refractivity contribution is 0.197. The number of nitrogens with one attached hydrogen (secondary N) is 2. The topological polar surface area (TPSA) is 42.9 Å². The summed E-state index contributed by atoms with van der Waals surface area (Å²) in [4.78, 5) is 9.95. The standard InChI is InChI=1S/C19H39N5.HI/c1-6-20-19(21-9-12-23-10-7-16(4)8-11-23)22-18-14-24(15(2)3)13-17(18)5;/h15-18H,6-14H2,1-5H3,(H2,20,21,22);1H. The van der Waals surface area contributed by atoms with Gasteiger partial charge in [0.2, 0.25) is 0 Å². The van der Waals surface area contributed by atoms with Crippen molar-refractivity contribution >= 4 is 29.9 Å². The average molecular weight is 465 g/mol. The van der Waals surface area contributed by atoms with Gasteiger partial charge in [-0.2, -0.15) is 0 Å². The molecule has 0 aromatic rings. The molecule has 0 amide bonds. The monoisotopic (exact) mass is 465 g/mol. The van der Waals surface area contributed by atoms with Crippen LogP contribution < -0.4 is 10.6 Å². The molecular formula is C19H40IN5. The molecule has 2 aliphatic heterocycles. The van der Waals surface area contributed by atoms with Crippen LogP contribution in [0.1, 0.15) is 47.5 Å². The number of nitrogens with zero attached hydrogens (tertiary/aromatic N) is 3. The van der Waals surface area contributed by atoms with E-state index in [-0.39, 0.29) is 24.0 Å². The van der Waals surface area contributed by atoms with Crippen LogP contribution in [-0.4, -0.2) is 73.7 Å². The molecule has 0 aromatic carbocycles. The maximum Gasteiger partial charge on any atom is 0.191 e. The fourth-order valence-electron chi connectivity index (χ4n) is 3.70. The molecule has 2 atom stereocenters. The van der Waals surface area contributed by atoms with E-state index in [0.717, 1.165) is 38.1 Å². The van der Waals surface area contributed by atoms with Crippen molar-refractivity contribution in [2.45, 2.75) is 59.5 Å². The van der Waals surface area contributed by atoms with Gasteiger partial charge in [-0.15, -0.1) is 24.0 Å². The van der Waals surface area contributed by atoms with E-state index in [2.05, 4.69) is 55.1 Å². The van der Waals surface area contributed by atoms with Crippen LogP contribution >= 0.6 is 24.0 Å². The van der Waals surface area contributed by atoms with Crippen molar-refractivity contribution in [3.05, 3.63) is 0 Å². The zero-order chi connectivity index (χ0) is 17.5. The maximum absolute atomic E-state index is 4.83. The molecule has 0 aromatic heterocycles. The molecule has 148 valence electrons. The van der Waals surface area contributed by atoms with Gasteiger partial charge in [0.25, 0.3) is 0 Å². The first kappa shape index (κ1) is 23.0. The molecule has 0 spiro atoms. The Bertz CT molecular complexity index is 393. The summed E-state index contributed by atoms with van der Waals surface area (Å²) in [5, 5.41) is 7.10. The summed E-state index contributed by atoms with van der Waals surface area (Å²) in [7, 11) is 0. The number of rotatable bonds is 6. The first-order valence-corrected chi connectivity index (χ1v) is 10.0. The van der Waals surface area contributed by atoms with Gasteiger partial charge in [-0.25, -0.2) is 0 Å². The van der Waals surface area contributed by atoms with E-state index in [1.165, 1.54) is 32.5 Å². The largest absolute Gasteiger partial charge is 0.357 e. The first-order chi connectivity index (χ1) is 11.5. The quantitative estimate of drug-likeness (QED) is 0.360. The second kappa shape index (κ2) is 11.6. The smallest absolute Gasteiger partial charge is 0.191 e. The number of aliphatic imine (C=N–C) groups is 1. The van der Waals surface area contributed by atoms with Crippen LogP contribution in [0.25, 0.3) is 0 Å². The van der Waals surface area contributed by atoms with Gasteiger partial charge in [0.1, 0.15) is 0 Å². The highest BCUT2D eigenvalue weighted by molar-refractivity contribution is 14.0. The highest BCUT2D eigenvalue weighted by Crippen LogP contribution is 2.18. The molecule has 2 saturated heterocycles. The molecule has 25 heavy (non-hydrogen) atoms. The summed E-state index contributed by atoms with van der Waals surface area (Å²) in [6, 6.07) is 1.13. The SMILES string of the molecule is CCNC(=NCCN1CCC(C)CC1)NC1CN(C(C)C)CC1C.I. The molecule has 0 radical (unpaired) electrons. The molecular weight excluding hydrogens is 425 g/mol. The lowest BCUT2D eigenvalue weighted by Crippen LogP contribution is -2.47. The Balaban J connectivity index is 0.00000312. The minimum Gasteiger partial charge on any atom is -0.357 e. The van der Waals surface area contributed by atoms with Crippen molar-refractivity contribution in [3.63, 3.8) is 0 Å². The maximum atomic E-state index is 4.83. The Kier molecular flexibility index (Phi) is 10.6. The Labute approximate surface area is 172 Å². The van der Waals surface area contributed by atoms with Gasteiger partial charge in [-0.3, -0.25) is 9.89 Å². The molecule has 2 aliphatic rings. The van der Waals surface area contributed by atoms with Crippen molar-refractivity contribution in [1.29, 1.82) is 0 Å². The average Bonchev–Trinajstić information content (AvgIpc) is 2.91. The second-order valence-corrected chi connectivity index (χ2v) is 8.06. The third-order valence-corrected chi connectivity index (χ3v) is 5.60. The predicted octanol–water partition coefficient (Wildman–Crippen LogP) is 2.62. The third kappa shape index (κ3) is 7.59. The number of hydrogen-bond donors (Lipinski definition) is 2. The number of guanidine groups is 1. The Morgan fingerprint density at radius 1 is 1.16 bits per heavy atom. The number of hydrogen-bond acceptors (Lipinski definition) is 3. The van der Waals surface area contributed by atoms with Crippen LogP contribution in [0.3, 0.4) is 0 Å². The van der Waals surface area contributed by atoms with Gasteiger partial charge in [0.15, 0.2) is 5.96 Å². The van der Waals surface area contributed by atoms with Gasteiger partial charge < -0.3 is 15.5 Å². The molecule has 2 N–H and O–H groups in total. The van der Waals surface area contributed by atoms with Crippen molar-refractivity contribution < 1.29 is 0 Å². The van der Waals surface area contributed by atoms with Crippen LogP contribution in [0.5, 0.6) is 0 Å². The van der Waals surface area contributed by atoms with Gasteiger partial charge in [-0.05, 0) is 58.5 Å². The molecule has 0 aliphatic carbocycles. The Morgan fingerprint density at radius 2 is 1.84 bits per heavy atom. The normalized spacial score (nSPS) is 26.7.